The Labute approximate surface area is 93.7 Å². The topological polar surface area (TPSA) is 0 Å². The maximum atomic E-state index is 5.57. The minimum atomic E-state index is 0.580. The molecule has 0 spiro atoms. The molecule has 0 saturated carbocycles. The van der Waals surface area contributed by atoms with E-state index in [1.54, 1.807) is 0 Å². The normalized spacial score (nSPS) is 12.1. The Morgan fingerprint density at radius 2 is 2.13 bits per heavy atom. The predicted molar refractivity (Wildman–Crippen MR) is 67.1 cm³/mol. The summed E-state index contributed by atoms with van der Waals surface area (Å²) in [5.41, 5.74) is 3.66. The van der Waals surface area contributed by atoms with Crippen molar-refractivity contribution in [3.8, 4) is 12.3 Å². The van der Waals surface area contributed by atoms with Gasteiger partial charge in [-0.15, -0.1) is 6.42 Å². The summed E-state index contributed by atoms with van der Waals surface area (Å²) in [5, 5.41) is 0. The largest absolute Gasteiger partial charge is 0.115 e. The summed E-state index contributed by atoms with van der Waals surface area (Å²) in [6.45, 7) is 6.58. The Kier molecular flexibility index (Phi) is 4.43. The van der Waals surface area contributed by atoms with E-state index in [0.29, 0.717) is 5.92 Å². The third-order valence-corrected chi connectivity index (χ3v) is 2.97. The van der Waals surface area contributed by atoms with Gasteiger partial charge in [-0.2, -0.15) is 0 Å². The van der Waals surface area contributed by atoms with Crippen LogP contribution >= 0.6 is 0 Å². The molecule has 15 heavy (non-hydrogen) atoms. The smallest absolute Gasteiger partial charge is 0.0306 e. The Morgan fingerprint density at radius 3 is 2.73 bits per heavy atom. The third-order valence-electron chi connectivity index (χ3n) is 2.97. The van der Waals surface area contributed by atoms with Crippen LogP contribution in [-0.2, 0) is 0 Å². The summed E-state index contributed by atoms with van der Waals surface area (Å²) in [5.74, 6) is 3.40. The van der Waals surface area contributed by atoms with Gasteiger partial charge in [0, 0.05) is 5.56 Å². The molecule has 1 rings (SSSR count). The lowest BCUT2D eigenvalue weighted by Gasteiger charge is -2.14. The van der Waals surface area contributed by atoms with Gasteiger partial charge >= 0.3 is 0 Å². The maximum Gasteiger partial charge on any atom is 0.0306 e. The van der Waals surface area contributed by atoms with Gasteiger partial charge in [0.15, 0.2) is 0 Å². The number of terminal acetylenes is 1. The first-order valence-electron chi connectivity index (χ1n) is 5.76. The Balaban J connectivity index is 2.93. The molecule has 0 N–H and O–H groups in total. The van der Waals surface area contributed by atoms with E-state index in [9.17, 15) is 0 Å². The van der Waals surface area contributed by atoms with Gasteiger partial charge in [0.1, 0.15) is 0 Å². The zero-order chi connectivity index (χ0) is 11.3. The molecular weight excluding hydrogens is 180 g/mol. The van der Waals surface area contributed by atoms with Crippen LogP contribution in [0.4, 0.5) is 0 Å². The van der Waals surface area contributed by atoms with E-state index in [-0.39, 0.29) is 0 Å². The van der Waals surface area contributed by atoms with Gasteiger partial charge in [-0.25, -0.2) is 0 Å². The second-order valence-electron chi connectivity index (χ2n) is 4.23. The van der Waals surface area contributed by atoms with Crippen molar-refractivity contribution in [3.63, 3.8) is 0 Å². The highest BCUT2D eigenvalue weighted by molar-refractivity contribution is 5.47. The summed E-state index contributed by atoms with van der Waals surface area (Å²) < 4.78 is 0. The second-order valence-corrected chi connectivity index (χ2v) is 4.23. The van der Waals surface area contributed by atoms with Crippen molar-refractivity contribution < 1.29 is 0 Å². The highest BCUT2D eigenvalue weighted by Crippen LogP contribution is 2.26. The van der Waals surface area contributed by atoms with Crippen molar-refractivity contribution in [2.45, 2.75) is 46.0 Å². The first kappa shape index (κ1) is 11.9. The number of hydrogen-bond acceptors (Lipinski definition) is 0. The van der Waals surface area contributed by atoms with Gasteiger partial charge in [0.25, 0.3) is 0 Å². The Hall–Kier alpha value is -1.22. The van der Waals surface area contributed by atoms with Gasteiger partial charge in [-0.1, -0.05) is 50.8 Å². The van der Waals surface area contributed by atoms with Gasteiger partial charge in [0.2, 0.25) is 0 Å². The molecule has 1 atom stereocenters. The monoisotopic (exact) mass is 200 g/mol. The highest BCUT2D eigenvalue weighted by atomic mass is 14.1. The number of hydrogen-bond donors (Lipinski definition) is 0. The fourth-order valence-electron chi connectivity index (χ4n) is 1.96. The first-order chi connectivity index (χ1) is 7.20. The fraction of sp³-hybridized carbons (Fsp3) is 0.467. The van der Waals surface area contributed by atoms with Crippen molar-refractivity contribution in [1.29, 1.82) is 0 Å². The minimum Gasteiger partial charge on any atom is -0.115 e. The second kappa shape index (κ2) is 5.61. The van der Waals surface area contributed by atoms with Crippen LogP contribution in [0.1, 0.15) is 55.7 Å². The SMILES string of the molecule is C#Cc1c(C)cccc1C(C)CCCC. The Bertz CT molecular complexity index is 355. The molecule has 80 valence electrons. The molecule has 0 aliphatic rings. The molecule has 0 aliphatic carbocycles. The zero-order valence-electron chi connectivity index (χ0n) is 10.0. The minimum absolute atomic E-state index is 0.580. The average molecular weight is 200 g/mol. The summed E-state index contributed by atoms with van der Waals surface area (Å²) >= 11 is 0. The molecule has 0 heterocycles. The summed E-state index contributed by atoms with van der Waals surface area (Å²) in [6.07, 6.45) is 9.33. The zero-order valence-corrected chi connectivity index (χ0v) is 10.0. The van der Waals surface area contributed by atoms with E-state index in [0.717, 1.165) is 5.56 Å². The van der Waals surface area contributed by atoms with Crippen molar-refractivity contribution in [3.05, 3.63) is 34.9 Å². The molecule has 0 bridgehead atoms. The molecule has 0 fully saturated rings. The summed E-state index contributed by atoms with van der Waals surface area (Å²) in [7, 11) is 0. The van der Waals surface area contributed by atoms with Crippen LogP contribution < -0.4 is 0 Å². The Morgan fingerprint density at radius 1 is 1.40 bits per heavy atom. The van der Waals surface area contributed by atoms with E-state index in [1.165, 1.54) is 30.4 Å². The van der Waals surface area contributed by atoms with E-state index in [2.05, 4.69) is 44.9 Å². The average Bonchev–Trinajstić information content (AvgIpc) is 2.25. The maximum absolute atomic E-state index is 5.57. The molecule has 0 heteroatoms. The van der Waals surface area contributed by atoms with Crippen LogP contribution in [0.2, 0.25) is 0 Å². The van der Waals surface area contributed by atoms with E-state index in [1.807, 2.05) is 0 Å². The summed E-state index contributed by atoms with van der Waals surface area (Å²) in [6, 6.07) is 6.36. The van der Waals surface area contributed by atoms with E-state index < -0.39 is 0 Å². The van der Waals surface area contributed by atoms with Gasteiger partial charge in [-0.05, 0) is 30.4 Å². The lowest BCUT2D eigenvalue weighted by atomic mass is 9.90. The van der Waals surface area contributed by atoms with Crippen LogP contribution in [0.15, 0.2) is 18.2 Å². The molecule has 0 radical (unpaired) electrons. The third kappa shape index (κ3) is 2.86. The lowest BCUT2D eigenvalue weighted by Crippen LogP contribution is -1.99. The molecule has 0 aromatic heterocycles. The number of benzene rings is 1. The quantitative estimate of drug-likeness (QED) is 0.637. The van der Waals surface area contributed by atoms with Crippen LogP contribution in [0.25, 0.3) is 0 Å². The van der Waals surface area contributed by atoms with Crippen LogP contribution in [0.3, 0.4) is 0 Å². The van der Waals surface area contributed by atoms with E-state index in [4.69, 9.17) is 6.42 Å². The fourth-order valence-corrected chi connectivity index (χ4v) is 1.96. The number of unbranched alkanes of at least 4 members (excludes halogenated alkanes) is 1. The first-order valence-corrected chi connectivity index (χ1v) is 5.76. The molecule has 1 aromatic rings. The number of rotatable bonds is 4. The predicted octanol–water partition coefficient (Wildman–Crippen LogP) is 4.27. The molecule has 0 saturated heterocycles. The van der Waals surface area contributed by atoms with Crippen molar-refractivity contribution in [2.75, 3.05) is 0 Å². The van der Waals surface area contributed by atoms with Crippen LogP contribution in [-0.4, -0.2) is 0 Å². The lowest BCUT2D eigenvalue weighted by molar-refractivity contribution is 0.623. The molecule has 1 unspecified atom stereocenters. The van der Waals surface area contributed by atoms with Gasteiger partial charge < -0.3 is 0 Å². The van der Waals surface area contributed by atoms with E-state index >= 15 is 0 Å². The van der Waals surface area contributed by atoms with Gasteiger partial charge in [-0.3, -0.25) is 0 Å². The number of aryl methyl sites for hydroxylation is 1. The van der Waals surface area contributed by atoms with Crippen LogP contribution in [0.5, 0.6) is 0 Å². The van der Waals surface area contributed by atoms with Crippen molar-refractivity contribution >= 4 is 0 Å². The molecule has 0 aliphatic heterocycles. The molecular formula is C15H20. The van der Waals surface area contributed by atoms with Crippen LogP contribution in [0, 0.1) is 19.3 Å². The highest BCUT2D eigenvalue weighted by Gasteiger charge is 2.10. The molecule has 0 amide bonds. The molecule has 0 nitrogen and oxygen atoms in total. The van der Waals surface area contributed by atoms with Gasteiger partial charge in [0.05, 0.1) is 0 Å². The molecule has 1 aromatic carbocycles. The van der Waals surface area contributed by atoms with Crippen molar-refractivity contribution in [2.24, 2.45) is 0 Å². The van der Waals surface area contributed by atoms with Crippen molar-refractivity contribution in [1.82, 2.24) is 0 Å². The standard InChI is InChI=1S/C15H20/c1-5-7-9-13(4)15-11-8-10-12(3)14(15)6-2/h2,8,10-11,13H,5,7,9H2,1,3-4H3. The summed E-state index contributed by atoms with van der Waals surface area (Å²) in [4.78, 5) is 0.